The van der Waals surface area contributed by atoms with E-state index in [1.165, 1.54) is 5.69 Å². The fourth-order valence-electron chi connectivity index (χ4n) is 2.30. The highest BCUT2D eigenvalue weighted by molar-refractivity contribution is 6.31. The van der Waals surface area contributed by atoms with Crippen molar-refractivity contribution in [1.29, 1.82) is 0 Å². The molecule has 0 aliphatic carbocycles. The number of aromatic nitrogens is 3. The van der Waals surface area contributed by atoms with E-state index in [4.69, 9.17) is 11.6 Å². The van der Waals surface area contributed by atoms with Crippen LogP contribution in [-0.4, -0.2) is 19.9 Å². The Labute approximate surface area is 132 Å². The van der Waals surface area contributed by atoms with Crippen LogP contribution >= 0.6 is 11.6 Å². The van der Waals surface area contributed by atoms with Crippen LogP contribution in [0.25, 0.3) is 0 Å². The second kappa shape index (κ2) is 6.24. The van der Waals surface area contributed by atoms with E-state index in [1.807, 2.05) is 11.6 Å². The first kappa shape index (κ1) is 16.1. The van der Waals surface area contributed by atoms with Gasteiger partial charge in [0.25, 0.3) is 0 Å². The Bertz CT molecular complexity index is 604. The summed E-state index contributed by atoms with van der Waals surface area (Å²) in [7, 11) is 0. The number of rotatable bonds is 5. The van der Waals surface area contributed by atoms with Crippen molar-refractivity contribution in [3.63, 3.8) is 0 Å². The Morgan fingerprint density at radius 2 is 2.05 bits per heavy atom. The molecule has 0 spiro atoms. The highest BCUT2D eigenvalue weighted by Gasteiger charge is 2.15. The van der Waals surface area contributed by atoms with Crippen LogP contribution < -0.4 is 5.32 Å². The van der Waals surface area contributed by atoms with Gasteiger partial charge < -0.3 is 9.88 Å². The molecule has 0 amide bonds. The zero-order valence-corrected chi connectivity index (χ0v) is 14.3. The number of halogens is 1. The molecule has 0 radical (unpaired) electrons. The van der Waals surface area contributed by atoms with Gasteiger partial charge in [-0.05, 0) is 46.8 Å². The molecule has 0 unspecified atom stereocenters. The third kappa shape index (κ3) is 3.89. The standard InChI is InChI=1S/C16H25ClN4/c1-6-21-14(15(17)12(2)19-21)11-20-9-7-8-13(20)10-18-16(3,4)5/h7-9,18H,6,10-11H2,1-5H3. The van der Waals surface area contributed by atoms with E-state index in [2.05, 4.69) is 61.0 Å². The van der Waals surface area contributed by atoms with Crippen molar-refractivity contribution in [1.82, 2.24) is 19.7 Å². The first-order chi connectivity index (χ1) is 9.81. The molecule has 2 aromatic rings. The lowest BCUT2D eigenvalue weighted by Crippen LogP contribution is -2.35. The van der Waals surface area contributed by atoms with Gasteiger partial charge in [-0.3, -0.25) is 4.68 Å². The molecule has 2 heterocycles. The minimum Gasteiger partial charge on any atom is -0.344 e. The van der Waals surface area contributed by atoms with Gasteiger partial charge in [-0.1, -0.05) is 11.6 Å². The molecule has 0 fully saturated rings. The van der Waals surface area contributed by atoms with Crippen LogP contribution in [0.15, 0.2) is 18.3 Å². The second-order valence-electron chi connectivity index (χ2n) is 6.39. The molecule has 0 bridgehead atoms. The number of aryl methyl sites for hydroxylation is 2. The molecule has 0 saturated carbocycles. The van der Waals surface area contributed by atoms with Crippen molar-refractivity contribution in [3.05, 3.63) is 40.4 Å². The summed E-state index contributed by atoms with van der Waals surface area (Å²) in [6.07, 6.45) is 2.10. The van der Waals surface area contributed by atoms with E-state index in [-0.39, 0.29) is 5.54 Å². The number of hydrogen-bond donors (Lipinski definition) is 1. The third-order valence-corrected chi connectivity index (χ3v) is 3.99. The molecule has 21 heavy (non-hydrogen) atoms. The molecule has 0 saturated heterocycles. The molecular weight excluding hydrogens is 284 g/mol. The van der Waals surface area contributed by atoms with Crippen LogP contribution in [0.3, 0.4) is 0 Å². The van der Waals surface area contributed by atoms with E-state index in [9.17, 15) is 0 Å². The molecule has 0 aromatic carbocycles. The molecule has 0 atom stereocenters. The summed E-state index contributed by atoms with van der Waals surface area (Å²) in [5.41, 5.74) is 3.33. The summed E-state index contributed by atoms with van der Waals surface area (Å²) in [5.74, 6) is 0. The fourth-order valence-corrected chi connectivity index (χ4v) is 2.50. The first-order valence-electron chi connectivity index (χ1n) is 7.42. The summed E-state index contributed by atoms with van der Waals surface area (Å²) in [4.78, 5) is 0. The van der Waals surface area contributed by atoms with Gasteiger partial charge in [0.05, 0.1) is 23.0 Å². The maximum absolute atomic E-state index is 6.40. The van der Waals surface area contributed by atoms with Crippen molar-refractivity contribution < 1.29 is 0 Å². The predicted molar refractivity (Wildman–Crippen MR) is 87.8 cm³/mol. The van der Waals surface area contributed by atoms with Gasteiger partial charge in [-0.2, -0.15) is 5.10 Å². The normalized spacial score (nSPS) is 12.1. The van der Waals surface area contributed by atoms with E-state index >= 15 is 0 Å². The van der Waals surface area contributed by atoms with Crippen LogP contribution in [0.5, 0.6) is 0 Å². The fraction of sp³-hybridized carbons (Fsp3) is 0.562. The van der Waals surface area contributed by atoms with E-state index < -0.39 is 0 Å². The average Bonchev–Trinajstić information content (AvgIpc) is 2.95. The van der Waals surface area contributed by atoms with Gasteiger partial charge in [0, 0.05) is 30.5 Å². The van der Waals surface area contributed by atoms with Gasteiger partial charge >= 0.3 is 0 Å². The maximum Gasteiger partial charge on any atom is 0.0865 e. The molecule has 1 N–H and O–H groups in total. The van der Waals surface area contributed by atoms with Gasteiger partial charge in [-0.15, -0.1) is 0 Å². The van der Waals surface area contributed by atoms with Crippen molar-refractivity contribution in [2.45, 2.75) is 59.8 Å². The van der Waals surface area contributed by atoms with Crippen molar-refractivity contribution >= 4 is 11.6 Å². The first-order valence-corrected chi connectivity index (χ1v) is 7.80. The molecule has 4 nitrogen and oxygen atoms in total. The van der Waals surface area contributed by atoms with Crippen LogP contribution in [0, 0.1) is 6.92 Å². The van der Waals surface area contributed by atoms with E-state index in [1.54, 1.807) is 0 Å². The Hall–Kier alpha value is -1.26. The Morgan fingerprint density at radius 3 is 2.67 bits per heavy atom. The molecule has 2 aromatic heterocycles. The van der Waals surface area contributed by atoms with Gasteiger partial charge in [0.1, 0.15) is 0 Å². The Morgan fingerprint density at radius 1 is 1.33 bits per heavy atom. The SMILES string of the molecule is CCn1nc(C)c(Cl)c1Cn1cccc1CNC(C)(C)C. The lowest BCUT2D eigenvalue weighted by molar-refractivity contribution is 0.416. The average molecular weight is 309 g/mol. The number of hydrogen-bond acceptors (Lipinski definition) is 2. The van der Waals surface area contributed by atoms with Crippen LogP contribution in [0.4, 0.5) is 0 Å². The quantitative estimate of drug-likeness (QED) is 0.916. The summed E-state index contributed by atoms with van der Waals surface area (Å²) in [6.45, 7) is 13.0. The van der Waals surface area contributed by atoms with E-state index in [0.717, 1.165) is 36.0 Å². The minimum atomic E-state index is 0.106. The number of nitrogens with one attached hydrogen (secondary N) is 1. The zero-order valence-electron chi connectivity index (χ0n) is 13.6. The smallest absolute Gasteiger partial charge is 0.0865 e. The predicted octanol–water partition coefficient (Wildman–Crippen LogP) is 3.60. The van der Waals surface area contributed by atoms with Crippen molar-refractivity contribution in [3.8, 4) is 0 Å². The monoisotopic (exact) mass is 308 g/mol. The highest BCUT2D eigenvalue weighted by Crippen LogP contribution is 2.22. The Balaban J connectivity index is 2.19. The van der Waals surface area contributed by atoms with Gasteiger partial charge in [0.2, 0.25) is 0 Å². The molecule has 5 heteroatoms. The third-order valence-electron chi connectivity index (χ3n) is 3.50. The highest BCUT2D eigenvalue weighted by atomic mass is 35.5. The zero-order chi connectivity index (χ0) is 15.6. The summed E-state index contributed by atoms with van der Waals surface area (Å²) in [5, 5.41) is 8.78. The van der Waals surface area contributed by atoms with Gasteiger partial charge in [-0.25, -0.2) is 0 Å². The van der Waals surface area contributed by atoms with Crippen molar-refractivity contribution in [2.24, 2.45) is 0 Å². The van der Waals surface area contributed by atoms with Gasteiger partial charge in [0.15, 0.2) is 0 Å². The largest absolute Gasteiger partial charge is 0.344 e. The molecule has 2 rings (SSSR count). The minimum absolute atomic E-state index is 0.106. The summed E-state index contributed by atoms with van der Waals surface area (Å²) in [6, 6.07) is 4.22. The Kier molecular flexibility index (Phi) is 4.79. The summed E-state index contributed by atoms with van der Waals surface area (Å²) < 4.78 is 4.21. The topological polar surface area (TPSA) is 34.8 Å². The summed E-state index contributed by atoms with van der Waals surface area (Å²) >= 11 is 6.40. The lowest BCUT2D eigenvalue weighted by Gasteiger charge is -2.21. The molecule has 0 aliphatic heterocycles. The molecule has 0 aliphatic rings. The van der Waals surface area contributed by atoms with Crippen molar-refractivity contribution in [2.75, 3.05) is 0 Å². The van der Waals surface area contributed by atoms with Crippen LogP contribution in [-0.2, 0) is 19.6 Å². The van der Waals surface area contributed by atoms with E-state index in [0.29, 0.717) is 0 Å². The lowest BCUT2D eigenvalue weighted by atomic mass is 10.1. The number of nitrogens with zero attached hydrogens (tertiary/aromatic N) is 3. The van der Waals surface area contributed by atoms with Crippen LogP contribution in [0.2, 0.25) is 5.02 Å². The maximum atomic E-state index is 6.40. The second-order valence-corrected chi connectivity index (χ2v) is 6.77. The molecular formula is C16H25ClN4. The molecule has 116 valence electrons. The van der Waals surface area contributed by atoms with Crippen LogP contribution in [0.1, 0.15) is 44.8 Å².